The highest BCUT2D eigenvalue weighted by atomic mass is 16.3. The van der Waals surface area contributed by atoms with Crippen molar-refractivity contribution in [1.29, 1.82) is 0 Å². The largest absolute Gasteiger partial charge is 0.396 e. The van der Waals surface area contributed by atoms with Crippen molar-refractivity contribution >= 4 is 5.78 Å². The molecule has 2 fully saturated rings. The van der Waals surface area contributed by atoms with Crippen molar-refractivity contribution in [1.82, 2.24) is 0 Å². The molecule has 2 saturated carbocycles. The molecule has 142 valence electrons. The van der Waals surface area contributed by atoms with Crippen LogP contribution in [0.5, 0.6) is 0 Å². The predicted molar refractivity (Wildman–Crippen MR) is 93.7 cm³/mol. The number of fused-ring (bicyclic) bond motifs is 3. The third-order valence-electron chi connectivity index (χ3n) is 7.97. The smallest absolute Gasteiger partial charge is 0.184 e. The summed E-state index contributed by atoms with van der Waals surface area (Å²) in [6.45, 7) is 5.63. The van der Waals surface area contributed by atoms with Crippen LogP contribution in [0.2, 0.25) is 0 Å². The first-order chi connectivity index (χ1) is 11.6. The minimum atomic E-state index is -1.14. The van der Waals surface area contributed by atoms with E-state index in [1.807, 2.05) is 13.8 Å². The summed E-state index contributed by atoms with van der Waals surface area (Å²) < 4.78 is 0. The molecule has 0 aliphatic heterocycles. The number of carbonyl (C=O) groups excluding carboxylic acids is 1. The Kier molecular flexibility index (Phi) is 4.68. The highest BCUT2D eigenvalue weighted by Crippen LogP contribution is 2.63. The van der Waals surface area contributed by atoms with Crippen LogP contribution >= 0.6 is 0 Å². The maximum atomic E-state index is 12.4. The Morgan fingerprint density at radius 3 is 2.48 bits per heavy atom. The van der Waals surface area contributed by atoms with E-state index in [0.29, 0.717) is 5.92 Å². The lowest BCUT2D eigenvalue weighted by Gasteiger charge is -2.59. The summed E-state index contributed by atoms with van der Waals surface area (Å²) >= 11 is 0. The van der Waals surface area contributed by atoms with E-state index in [0.717, 1.165) is 37.7 Å². The number of hydrogen-bond donors (Lipinski definition) is 4. The van der Waals surface area contributed by atoms with Crippen molar-refractivity contribution in [2.75, 3.05) is 13.2 Å². The SMILES string of the molecule is CC1(C(O)CO)CCC2(C)C3=CC(=O)C(O)C(C)(CO)C3CCC2C1. The number of allylic oxidation sites excluding steroid dienone is 1. The van der Waals surface area contributed by atoms with Crippen LogP contribution in [-0.4, -0.2) is 51.6 Å². The van der Waals surface area contributed by atoms with Crippen LogP contribution in [0.3, 0.4) is 0 Å². The van der Waals surface area contributed by atoms with E-state index in [2.05, 4.69) is 6.92 Å². The van der Waals surface area contributed by atoms with Gasteiger partial charge in [0.2, 0.25) is 0 Å². The Hall–Kier alpha value is -0.750. The Labute approximate surface area is 149 Å². The van der Waals surface area contributed by atoms with E-state index >= 15 is 0 Å². The second-order valence-corrected chi connectivity index (χ2v) is 9.37. The fourth-order valence-corrected chi connectivity index (χ4v) is 5.78. The van der Waals surface area contributed by atoms with Gasteiger partial charge in [-0.15, -0.1) is 0 Å². The minimum absolute atomic E-state index is 0.0126. The molecule has 0 heterocycles. The van der Waals surface area contributed by atoms with E-state index in [9.17, 15) is 25.2 Å². The summed E-state index contributed by atoms with van der Waals surface area (Å²) in [5.74, 6) is 0.0490. The number of hydrogen-bond acceptors (Lipinski definition) is 5. The molecule has 3 aliphatic carbocycles. The molecule has 3 rings (SSSR count). The molecule has 0 amide bonds. The minimum Gasteiger partial charge on any atom is -0.396 e. The van der Waals surface area contributed by atoms with Crippen LogP contribution in [-0.2, 0) is 4.79 Å². The summed E-state index contributed by atoms with van der Waals surface area (Å²) in [4.78, 5) is 12.4. The van der Waals surface area contributed by atoms with Crippen LogP contribution in [0.25, 0.3) is 0 Å². The van der Waals surface area contributed by atoms with Gasteiger partial charge in [0.25, 0.3) is 0 Å². The van der Waals surface area contributed by atoms with E-state index in [4.69, 9.17) is 0 Å². The topological polar surface area (TPSA) is 98.0 Å². The first-order valence-corrected chi connectivity index (χ1v) is 9.46. The second-order valence-electron chi connectivity index (χ2n) is 9.37. The number of ketones is 1. The van der Waals surface area contributed by atoms with Crippen LogP contribution in [0.1, 0.15) is 52.9 Å². The molecule has 0 spiro atoms. The Morgan fingerprint density at radius 2 is 1.88 bits per heavy atom. The van der Waals surface area contributed by atoms with Gasteiger partial charge in [-0.3, -0.25) is 4.79 Å². The Balaban J connectivity index is 1.96. The summed E-state index contributed by atoms with van der Waals surface area (Å²) in [6, 6.07) is 0. The van der Waals surface area contributed by atoms with Gasteiger partial charge < -0.3 is 20.4 Å². The van der Waals surface area contributed by atoms with Gasteiger partial charge in [-0.1, -0.05) is 26.3 Å². The maximum Gasteiger partial charge on any atom is 0.184 e. The Bertz CT molecular complexity index is 587. The zero-order valence-electron chi connectivity index (χ0n) is 15.5. The molecule has 0 saturated heterocycles. The predicted octanol–water partition coefficient (Wildman–Crippen LogP) is 1.43. The van der Waals surface area contributed by atoms with Crippen molar-refractivity contribution in [3.63, 3.8) is 0 Å². The van der Waals surface area contributed by atoms with E-state index in [-0.39, 0.29) is 35.7 Å². The Morgan fingerprint density at radius 1 is 1.20 bits per heavy atom. The molecular weight excluding hydrogens is 320 g/mol. The van der Waals surface area contributed by atoms with Crippen LogP contribution in [0.4, 0.5) is 0 Å². The van der Waals surface area contributed by atoms with Gasteiger partial charge in [-0.05, 0) is 60.8 Å². The molecule has 3 aliphatic rings. The fraction of sp³-hybridized carbons (Fsp3) is 0.850. The van der Waals surface area contributed by atoms with Gasteiger partial charge in [0.1, 0.15) is 6.10 Å². The number of rotatable bonds is 3. The van der Waals surface area contributed by atoms with Gasteiger partial charge >= 0.3 is 0 Å². The fourth-order valence-electron chi connectivity index (χ4n) is 5.78. The quantitative estimate of drug-likeness (QED) is 0.616. The molecular formula is C20H32O5. The molecule has 5 heteroatoms. The molecule has 0 aromatic carbocycles. The van der Waals surface area contributed by atoms with Crippen molar-refractivity contribution < 1.29 is 25.2 Å². The van der Waals surface area contributed by atoms with Crippen LogP contribution in [0, 0.1) is 28.1 Å². The summed E-state index contributed by atoms with van der Waals surface area (Å²) in [7, 11) is 0. The molecule has 0 aromatic heterocycles. The van der Waals surface area contributed by atoms with Gasteiger partial charge in [0, 0.05) is 5.41 Å². The first-order valence-electron chi connectivity index (χ1n) is 9.46. The average Bonchev–Trinajstić information content (AvgIpc) is 2.60. The van der Waals surface area contributed by atoms with Gasteiger partial charge in [-0.2, -0.15) is 0 Å². The maximum absolute atomic E-state index is 12.4. The standard InChI is InChI=1S/C20H32O5/c1-18(16(24)10-21)6-7-19(2)12(9-18)4-5-13-14(19)8-15(23)17(25)20(13,3)11-22/h8,12-13,16-17,21-22,24-25H,4-7,9-11H2,1-3H3. The third kappa shape index (κ3) is 2.62. The summed E-state index contributed by atoms with van der Waals surface area (Å²) in [5.41, 5.74) is -0.189. The van der Waals surface area contributed by atoms with Crippen molar-refractivity contribution in [2.24, 2.45) is 28.1 Å². The average molecular weight is 352 g/mol. The van der Waals surface area contributed by atoms with E-state index < -0.39 is 17.6 Å². The molecule has 5 nitrogen and oxygen atoms in total. The molecule has 4 N–H and O–H groups in total. The lowest BCUT2D eigenvalue weighted by Crippen LogP contribution is -2.57. The number of carbonyl (C=O) groups is 1. The number of aliphatic hydroxyl groups is 4. The number of aliphatic hydroxyl groups excluding tert-OH is 4. The summed E-state index contributed by atoms with van der Waals surface area (Å²) in [6.07, 6.45) is 4.02. The zero-order chi connectivity index (χ0) is 18.6. The molecule has 0 aromatic rings. The second kappa shape index (κ2) is 6.15. The van der Waals surface area contributed by atoms with Crippen molar-refractivity contribution in [2.45, 2.75) is 65.1 Å². The molecule has 0 radical (unpaired) electrons. The van der Waals surface area contributed by atoms with Crippen molar-refractivity contribution in [3.05, 3.63) is 11.6 Å². The molecule has 7 unspecified atom stereocenters. The zero-order valence-corrected chi connectivity index (χ0v) is 15.5. The van der Waals surface area contributed by atoms with Gasteiger partial charge in [0.05, 0.1) is 19.3 Å². The monoisotopic (exact) mass is 352 g/mol. The van der Waals surface area contributed by atoms with Crippen LogP contribution < -0.4 is 0 Å². The molecule has 7 atom stereocenters. The normalized spacial score (nSPS) is 48.4. The first kappa shape index (κ1) is 19.0. The molecule has 25 heavy (non-hydrogen) atoms. The lowest BCUT2D eigenvalue weighted by atomic mass is 9.46. The lowest BCUT2D eigenvalue weighted by molar-refractivity contribution is -0.141. The van der Waals surface area contributed by atoms with E-state index in [1.165, 1.54) is 0 Å². The van der Waals surface area contributed by atoms with Gasteiger partial charge in [-0.25, -0.2) is 0 Å². The van der Waals surface area contributed by atoms with Crippen LogP contribution in [0.15, 0.2) is 11.6 Å². The third-order valence-corrected chi connectivity index (χ3v) is 7.97. The highest BCUT2D eigenvalue weighted by molar-refractivity contribution is 5.96. The summed E-state index contributed by atoms with van der Waals surface area (Å²) in [5, 5.41) is 40.0. The van der Waals surface area contributed by atoms with E-state index in [1.54, 1.807) is 6.08 Å². The molecule has 0 bridgehead atoms. The van der Waals surface area contributed by atoms with Gasteiger partial charge in [0.15, 0.2) is 5.78 Å². The van der Waals surface area contributed by atoms with Crippen molar-refractivity contribution in [3.8, 4) is 0 Å². The highest BCUT2D eigenvalue weighted by Gasteiger charge is 2.58.